The molecule has 0 fully saturated rings. The van der Waals surface area contributed by atoms with E-state index in [0.717, 1.165) is 31.8 Å². The van der Waals surface area contributed by atoms with Crippen LogP contribution in [-0.4, -0.2) is 32.3 Å². The van der Waals surface area contributed by atoms with Crippen LogP contribution in [0.2, 0.25) is 0 Å². The van der Waals surface area contributed by atoms with Crippen molar-refractivity contribution in [2.24, 2.45) is 0 Å². The number of aromatic nitrogens is 4. The molecule has 1 atom stereocenters. The molecule has 5 nitrogen and oxygen atoms in total. The number of aryl methyl sites for hydroxylation is 1. The van der Waals surface area contributed by atoms with Crippen molar-refractivity contribution in [1.82, 2.24) is 25.1 Å². The second-order valence-corrected chi connectivity index (χ2v) is 4.20. The Morgan fingerprint density at radius 2 is 2.41 bits per heavy atom. The zero-order valence-electron chi connectivity index (χ0n) is 10.1. The molecule has 0 amide bonds. The summed E-state index contributed by atoms with van der Waals surface area (Å²) >= 11 is 0. The Bertz CT molecular complexity index is 392. The molecule has 92 valence electrons. The van der Waals surface area contributed by atoms with Crippen LogP contribution in [-0.2, 0) is 13.0 Å². The third-order valence-electron chi connectivity index (χ3n) is 2.76. The predicted molar refractivity (Wildman–Crippen MR) is 66.6 cm³/mol. The van der Waals surface area contributed by atoms with Crippen LogP contribution in [0, 0.1) is 0 Å². The average Bonchev–Trinajstić information content (AvgIpc) is 2.99. The number of rotatable bonds is 7. The van der Waals surface area contributed by atoms with E-state index in [-0.39, 0.29) is 0 Å². The van der Waals surface area contributed by atoms with Crippen molar-refractivity contribution >= 4 is 0 Å². The molecule has 0 aliphatic carbocycles. The van der Waals surface area contributed by atoms with E-state index in [4.69, 9.17) is 0 Å². The molecule has 17 heavy (non-hydrogen) atoms. The van der Waals surface area contributed by atoms with Gasteiger partial charge in [0.15, 0.2) is 0 Å². The SMILES string of the molecule is CC(CCn1cccn1)NCCc1ncc[nH]1. The molecule has 2 aromatic heterocycles. The molecule has 1 unspecified atom stereocenters. The zero-order valence-corrected chi connectivity index (χ0v) is 10.1. The lowest BCUT2D eigenvalue weighted by atomic mass is 10.2. The minimum Gasteiger partial charge on any atom is -0.349 e. The standard InChI is InChI=1S/C12H19N5/c1-11(4-10-17-9-2-5-16-17)13-6-3-12-14-7-8-15-12/h2,5,7-9,11,13H,3-4,6,10H2,1H3,(H,14,15). The van der Waals surface area contributed by atoms with E-state index in [9.17, 15) is 0 Å². The van der Waals surface area contributed by atoms with Crippen molar-refractivity contribution in [1.29, 1.82) is 0 Å². The molecule has 0 saturated carbocycles. The molecule has 5 heteroatoms. The number of imidazole rings is 1. The summed E-state index contributed by atoms with van der Waals surface area (Å²) in [5, 5.41) is 7.67. The van der Waals surface area contributed by atoms with Crippen LogP contribution >= 0.6 is 0 Å². The Morgan fingerprint density at radius 1 is 1.47 bits per heavy atom. The maximum Gasteiger partial charge on any atom is 0.107 e. The molecule has 0 saturated heterocycles. The minimum atomic E-state index is 0.495. The fourth-order valence-electron chi connectivity index (χ4n) is 1.73. The summed E-state index contributed by atoms with van der Waals surface area (Å²) in [7, 11) is 0. The number of nitrogens with zero attached hydrogens (tertiary/aromatic N) is 3. The topological polar surface area (TPSA) is 58.5 Å². The van der Waals surface area contributed by atoms with Gasteiger partial charge in [0.1, 0.15) is 5.82 Å². The van der Waals surface area contributed by atoms with Gasteiger partial charge in [0.2, 0.25) is 0 Å². The molecule has 0 aliphatic rings. The monoisotopic (exact) mass is 233 g/mol. The van der Waals surface area contributed by atoms with E-state index >= 15 is 0 Å². The normalized spacial score (nSPS) is 12.8. The number of hydrogen-bond acceptors (Lipinski definition) is 3. The quantitative estimate of drug-likeness (QED) is 0.756. The van der Waals surface area contributed by atoms with Gasteiger partial charge < -0.3 is 10.3 Å². The Labute approximate surface area is 101 Å². The van der Waals surface area contributed by atoms with Crippen molar-refractivity contribution in [3.05, 3.63) is 36.7 Å². The average molecular weight is 233 g/mol. The van der Waals surface area contributed by atoms with Gasteiger partial charge in [-0.05, 0) is 19.4 Å². The first kappa shape index (κ1) is 11.9. The van der Waals surface area contributed by atoms with Crippen LogP contribution in [0.1, 0.15) is 19.2 Å². The maximum absolute atomic E-state index is 4.19. The van der Waals surface area contributed by atoms with Gasteiger partial charge in [-0.3, -0.25) is 4.68 Å². The highest BCUT2D eigenvalue weighted by molar-refractivity contribution is 4.87. The largest absolute Gasteiger partial charge is 0.349 e. The Hall–Kier alpha value is -1.62. The number of H-pyrrole nitrogens is 1. The van der Waals surface area contributed by atoms with Gasteiger partial charge >= 0.3 is 0 Å². The first-order valence-electron chi connectivity index (χ1n) is 6.03. The summed E-state index contributed by atoms with van der Waals surface area (Å²) in [6, 6.07) is 2.45. The second-order valence-electron chi connectivity index (χ2n) is 4.20. The van der Waals surface area contributed by atoms with E-state index < -0.39 is 0 Å². The zero-order chi connectivity index (χ0) is 11.9. The molecule has 2 aromatic rings. The van der Waals surface area contributed by atoms with Gasteiger partial charge in [-0.25, -0.2) is 4.98 Å². The lowest BCUT2D eigenvalue weighted by Crippen LogP contribution is -2.29. The van der Waals surface area contributed by atoms with Crippen molar-refractivity contribution in [3.8, 4) is 0 Å². The lowest BCUT2D eigenvalue weighted by molar-refractivity contribution is 0.459. The van der Waals surface area contributed by atoms with Crippen molar-refractivity contribution in [2.45, 2.75) is 32.4 Å². The highest BCUT2D eigenvalue weighted by Crippen LogP contribution is 1.96. The lowest BCUT2D eigenvalue weighted by Gasteiger charge is -2.13. The number of nitrogens with one attached hydrogen (secondary N) is 2. The van der Waals surface area contributed by atoms with Gasteiger partial charge in [-0.15, -0.1) is 0 Å². The Morgan fingerprint density at radius 3 is 3.12 bits per heavy atom. The molecule has 0 aliphatic heterocycles. The first-order chi connectivity index (χ1) is 8.34. The third kappa shape index (κ3) is 4.03. The summed E-state index contributed by atoms with van der Waals surface area (Å²) < 4.78 is 1.96. The Balaban J connectivity index is 1.59. The molecular weight excluding hydrogens is 214 g/mol. The van der Waals surface area contributed by atoms with Crippen LogP contribution in [0.25, 0.3) is 0 Å². The summed E-state index contributed by atoms with van der Waals surface area (Å²) in [4.78, 5) is 7.29. The number of aromatic amines is 1. The molecule has 0 radical (unpaired) electrons. The molecular formula is C12H19N5. The van der Waals surface area contributed by atoms with Crippen molar-refractivity contribution < 1.29 is 0 Å². The fourth-order valence-corrected chi connectivity index (χ4v) is 1.73. The smallest absolute Gasteiger partial charge is 0.107 e. The first-order valence-corrected chi connectivity index (χ1v) is 6.03. The van der Waals surface area contributed by atoms with Gasteiger partial charge in [-0.1, -0.05) is 0 Å². The van der Waals surface area contributed by atoms with Crippen LogP contribution in [0.3, 0.4) is 0 Å². The van der Waals surface area contributed by atoms with Gasteiger partial charge in [0.25, 0.3) is 0 Å². The Kier molecular flexibility index (Phi) is 4.32. The molecule has 2 rings (SSSR count). The summed E-state index contributed by atoms with van der Waals surface area (Å²) in [6.07, 6.45) is 9.48. The van der Waals surface area contributed by atoms with Crippen molar-refractivity contribution in [2.75, 3.05) is 6.54 Å². The van der Waals surface area contributed by atoms with E-state index in [0.29, 0.717) is 6.04 Å². The van der Waals surface area contributed by atoms with Crippen LogP contribution in [0.4, 0.5) is 0 Å². The fraction of sp³-hybridized carbons (Fsp3) is 0.500. The van der Waals surface area contributed by atoms with Crippen molar-refractivity contribution in [3.63, 3.8) is 0 Å². The predicted octanol–water partition coefficient (Wildman–Crippen LogP) is 1.22. The third-order valence-corrected chi connectivity index (χ3v) is 2.76. The summed E-state index contributed by atoms with van der Waals surface area (Å²) in [5.41, 5.74) is 0. The van der Waals surface area contributed by atoms with Crippen LogP contribution in [0.15, 0.2) is 30.9 Å². The van der Waals surface area contributed by atoms with E-state index in [1.807, 2.05) is 29.3 Å². The van der Waals surface area contributed by atoms with Gasteiger partial charge in [0.05, 0.1) is 0 Å². The van der Waals surface area contributed by atoms with E-state index in [1.165, 1.54) is 0 Å². The summed E-state index contributed by atoms with van der Waals surface area (Å²) in [6.45, 7) is 4.11. The molecule has 0 aromatic carbocycles. The highest BCUT2D eigenvalue weighted by atomic mass is 15.3. The van der Waals surface area contributed by atoms with E-state index in [2.05, 4.69) is 27.3 Å². The molecule has 0 bridgehead atoms. The molecule has 2 heterocycles. The van der Waals surface area contributed by atoms with Crippen LogP contribution in [0.5, 0.6) is 0 Å². The minimum absolute atomic E-state index is 0.495. The maximum atomic E-state index is 4.19. The molecule has 0 spiro atoms. The summed E-state index contributed by atoms with van der Waals surface area (Å²) in [5.74, 6) is 1.04. The molecule has 2 N–H and O–H groups in total. The number of hydrogen-bond donors (Lipinski definition) is 2. The van der Waals surface area contributed by atoms with Gasteiger partial charge in [0, 0.05) is 50.3 Å². The van der Waals surface area contributed by atoms with Gasteiger partial charge in [-0.2, -0.15) is 5.10 Å². The second kappa shape index (κ2) is 6.20. The highest BCUT2D eigenvalue weighted by Gasteiger charge is 2.02. The van der Waals surface area contributed by atoms with Crippen LogP contribution < -0.4 is 5.32 Å². The van der Waals surface area contributed by atoms with E-state index in [1.54, 1.807) is 6.20 Å².